The lowest BCUT2D eigenvalue weighted by Crippen LogP contribution is -2.23. The third-order valence-corrected chi connectivity index (χ3v) is 4.79. The summed E-state index contributed by atoms with van der Waals surface area (Å²) in [4.78, 5) is 20.5. The molecule has 32 heavy (non-hydrogen) atoms. The summed E-state index contributed by atoms with van der Waals surface area (Å²) in [6, 6.07) is 12.2. The standard InChI is InChI=1S/C22H19F2N7O/c1-31-20(29-30-21(31)19-7-8-25-13-28-19)12-26-16-4-2-3-15(10-16)22(32)27-11-14-5-6-17(23)18(24)9-14/h2-10,13,26H,11-12H2,1H3,(H,27,32). The van der Waals surface area contributed by atoms with Crippen molar-refractivity contribution >= 4 is 11.6 Å². The van der Waals surface area contributed by atoms with E-state index in [1.807, 2.05) is 17.7 Å². The summed E-state index contributed by atoms with van der Waals surface area (Å²) in [6.45, 7) is 0.465. The van der Waals surface area contributed by atoms with Gasteiger partial charge in [-0.1, -0.05) is 12.1 Å². The van der Waals surface area contributed by atoms with Gasteiger partial charge in [0.15, 0.2) is 23.3 Å². The van der Waals surface area contributed by atoms with Crippen LogP contribution in [-0.2, 0) is 20.1 Å². The van der Waals surface area contributed by atoms with Crippen LogP contribution in [0.3, 0.4) is 0 Å². The molecule has 162 valence electrons. The topological polar surface area (TPSA) is 97.6 Å². The Morgan fingerprint density at radius 1 is 1.03 bits per heavy atom. The van der Waals surface area contributed by atoms with Gasteiger partial charge in [0.2, 0.25) is 0 Å². The van der Waals surface area contributed by atoms with E-state index in [2.05, 4.69) is 30.8 Å². The molecule has 0 bridgehead atoms. The molecule has 0 aliphatic rings. The maximum absolute atomic E-state index is 13.3. The summed E-state index contributed by atoms with van der Waals surface area (Å²) in [7, 11) is 1.84. The maximum atomic E-state index is 13.3. The van der Waals surface area contributed by atoms with Crippen LogP contribution in [-0.4, -0.2) is 30.6 Å². The molecule has 0 aliphatic heterocycles. The minimum atomic E-state index is -0.949. The highest BCUT2D eigenvalue weighted by Gasteiger charge is 2.12. The van der Waals surface area contributed by atoms with Crippen molar-refractivity contribution in [1.29, 1.82) is 0 Å². The van der Waals surface area contributed by atoms with Crippen molar-refractivity contribution in [2.24, 2.45) is 7.05 Å². The Hall–Kier alpha value is -4.21. The highest BCUT2D eigenvalue weighted by atomic mass is 19.2. The molecule has 0 atom stereocenters. The van der Waals surface area contributed by atoms with Crippen LogP contribution in [0.2, 0.25) is 0 Å². The van der Waals surface area contributed by atoms with Gasteiger partial charge in [-0.15, -0.1) is 10.2 Å². The zero-order valence-electron chi connectivity index (χ0n) is 17.1. The molecule has 4 aromatic rings. The number of amides is 1. The molecule has 0 saturated heterocycles. The van der Waals surface area contributed by atoms with Gasteiger partial charge in [-0.05, 0) is 42.0 Å². The van der Waals surface area contributed by atoms with Crippen LogP contribution >= 0.6 is 0 Å². The smallest absolute Gasteiger partial charge is 0.251 e. The molecule has 10 heteroatoms. The summed E-state index contributed by atoms with van der Waals surface area (Å²) >= 11 is 0. The minimum Gasteiger partial charge on any atom is -0.378 e. The van der Waals surface area contributed by atoms with E-state index in [9.17, 15) is 13.6 Å². The van der Waals surface area contributed by atoms with Gasteiger partial charge >= 0.3 is 0 Å². The Kier molecular flexibility index (Phi) is 6.11. The van der Waals surface area contributed by atoms with Gasteiger partial charge in [-0.3, -0.25) is 4.79 Å². The van der Waals surface area contributed by atoms with Crippen molar-refractivity contribution in [1.82, 2.24) is 30.0 Å². The monoisotopic (exact) mass is 435 g/mol. The summed E-state index contributed by atoms with van der Waals surface area (Å²) in [5.74, 6) is -0.898. The van der Waals surface area contributed by atoms with E-state index in [0.29, 0.717) is 35.0 Å². The molecule has 2 heterocycles. The third-order valence-electron chi connectivity index (χ3n) is 4.79. The first-order chi connectivity index (χ1) is 15.5. The van der Waals surface area contributed by atoms with Crippen LogP contribution in [0.25, 0.3) is 11.5 Å². The molecule has 0 aliphatic carbocycles. The van der Waals surface area contributed by atoms with E-state index in [1.165, 1.54) is 12.4 Å². The number of anilines is 1. The number of hydrogen-bond donors (Lipinski definition) is 2. The average molecular weight is 435 g/mol. The highest BCUT2D eigenvalue weighted by Crippen LogP contribution is 2.16. The Bertz CT molecular complexity index is 1240. The Morgan fingerprint density at radius 2 is 1.91 bits per heavy atom. The number of hydrogen-bond acceptors (Lipinski definition) is 6. The van der Waals surface area contributed by atoms with Crippen LogP contribution in [0.4, 0.5) is 14.5 Å². The Balaban J connectivity index is 1.38. The lowest BCUT2D eigenvalue weighted by atomic mass is 10.1. The molecule has 8 nitrogen and oxygen atoms in total. The van der Waals surface area contributed by atoms with Gasteiger partial charge in [0.1, 0.15) is 12.0 Å². The fourth-order valence-electron chi connectivity index (χ4n) is 3.05. The highest BCUT2D eigenvalue weighted by molar-refractivity contribution is 5.95. The van der Waals surface area contributed by atoms with Gasteiger partial charge in [0, 0.05) is 31.0 Å². The van der Waals surface area contributed by atoms with Crippen LogP contribution in [0, 0.1) is 11.6 Å². The van der Waals surface area contributed by atoms with Crippen molar-refractivity contribution in [2.75, 3.05) is 5.32 Å². The molecule has 0 fully saturated rings. The summed E-state index contributed by atoms with van der Waals surface area (Å²) in [6.07, 6.45) is 3.09. The van der Waals surface area contributed by atoms with E-state index >= 15 is 0 Å². The van der Waals surface area contributed by atoms with Gasteiger partial charge < -0.3 is 15.2 Å². The second-order valence-corrected chi connectivity index (χ2v) is 6.96. The van der Waals surface area contributed by atoms with Crippen LogP contribution < -0.4 is 10.6 Å². The molecule has 4 rings (SSSR count). The molecule has 0 spiro atoms. The minimum absolute atomic E-state index is 0.0818. The fourth-order valence-corrected chi connectivity index (χ4v) is 3.05. The number of rotatable bonds is 7. The lowest BCUT2D eigenvalue weighted by molar-refractivity contribution is 0.0951. The SMILES string of the molecule is Cn1c(CNc2cccc(C(=O)NCc3ccc(F)c(F)c3)c2)nnc1-c1ccncn1. The third kappa shape index (κ3) is 4.75. The van der Waals surface area contributed by atoms with Crippen LogP contribution in [0.1, 0.15) is 21.7 Å². The quantitative estimate of drug-likeness (QED) is 0.463. The van der Waals surface area contributed by atoms with E-state index in [4.69, 9.17) is 0 Å². The fraction of sp³-hybridized carbons (Fsp3) is 0.136. The van der Waals surface area contributed by atoms with Crippen molar-refractivity contribution < 1.29 is 13.6 Å². The number of benzene rings is 2. The van der Waals surface area contributed by atoms with Gasteiger partial charge in [-0.2, -0.15) is 0 Å². The summed E-state index contributed by atoms with van der Waals surface area (Å²) < 4.78 is 28.2. The number of nitrogens with one attached hydrogen (secondary N) is 2. The maximum Gasteiger partial charge on any atom is 0.251 e. The predicted octanol–water partition coefficient (Wildman–Crippen LogP) is 3.09. The number of carbonyl (C=O) groups excluding carboxylic acids is 1. The van der Waals surface area contributed by atoms with E-state index < -0.39 is 11.6 Å². The first-order valence-electron chi connectivity index (χ1n) is 9.72. The second kappa shape index (κ2) is 9.29. The number of aromatic nitrogens is 5. The molecule has 0 saturated carbocycles. The van der Waals surface area contributed by atoms with Gasteiger partial charge in [0.25, 0.3) is 5.91 Å². The molecular weight excluding hydrogens is 416 g/mol. The second-order valence-electron chi connectivity index (χ2n) is 6.96. The van der Waals surface area contributed by atoms with E-state index in [0.717, 1.165) is 17.8 Å². The zero-order valence-corrected chi connectivity index (χ0v) is 17.1. The first kappa shape index (κ1) is 21.0. The molecule has 0 unspecified atom stereocenters. The molecule has 0 radical (unpaired) electrons. The van der Waals surface area contributed by atoms with Crippen molar-refractivity contribution in [3.63, 3.8) is 0 Å². The normalized spacial score (nSPS) is 10.7. The number of nitrogens with zero attached hydrogens (tertiary/aromatic N) is 5. The van der Waals surface area contributed by atoms with E-state index in [-0.39, 0.29) is 12.5 Å². The largest absolute Gasteiger partial charge is 0.378 e. The summed E-state index contributed by atoms with van der Waals surface area (Å²) in [5.41, 5.74) is 2.28. The molecule has 1 amide bonds. The van der Waals surface area contributed by atoms with Gasteiger partial charge in [-0.25, -0.2) is 18.7 Å². The van der Waals surface area contributed by atoms with Crippen molar-refractivity contribution in [3.05, 3.63) is 89.6 Å². The molecule has 2 N–H and O–H groups in total. The van der Waals surface area contributed by atoms with Crippen molar-refractivity contribution in [2.45, 2.75) is 13.1 Å². The van der Waals surface area contributed by atoms with Gasteiger partial charge in [0.05, 0.1) is 6.54 Å². The summed E-state index contributed by atoms with van der Waals surface area (Å²) in [5, 5.41) is 14.3. The van der Waals surface area contributed by atoms with E-state index in [1.54, 1.807) is 30.5 Å². The van der Waals surface area contributed by atoms with Crippen molar-refractivity contribution in [3.8, 4) is 11.5 Å². The molecule has 2 aromatic heterocycles. The first-order valence-corrected chi connectivity index (χ1v) is 9.72. The molecule has 2 aromatic carbocycles. The zero-order chi connectivity index (χ0) is 22.5. The van der Waals surface area contributed by atoms with Crippen LogP contribution in [0.15, 0.2) is 61.1 Å². The number of halogens is 2. The number of carbonyl (C=O) groups is 1. The van der Waals surface area contributed by atoms with Crippen LogP contribution in [0.5, 0.6) is 0 Å². The Labute approximate surface area is 182 Å². The average Bonchev–Trinajstić information content (AvgIpc) is 3.19. The molecular formula is C22H19F2N7O. The lowest BCUT2D eigenvalue weighted by Gasteiger charge is -2.10. The Morgan fingerprint density at radius 3 is 2.69 bits per heavy atom. The predicted molar refractivity (Wildman–Crippen MR) is 113 cm³/mol.